The summed E-state index contributed by atoms with van der Waals surface area (Å²) in [6.45, 7) is 8.15. The van der Waals surface area contributed by atoms with Gasteiger partial charge in [-0.25, -0.2) is 9.59 Å². The standard InChI is InChI=1S/C22H27N3O5/c1-15(26)23-14-25-13-19(20(27)30-25)18-7-5-16(6-8-18)17-9-11-24(12-10-17)21(28)29-22(2,3)4/h5-9,13H,10-12,14H2,1-4H3,(H,23,26). The SMILES string of the molecule is CC(=O)NCn1cc(-c2ccc(C3=CCN(C(=O)OC(C)(C)C)CC3)cc2)c(=O)o1. The Bertz CT molecular complexity index is 1010. The first-order valence-electron chi connectivity index (χ1n) is 9.85. The molecule has 0 spiro atoms. The van der Waals surface area contributed by atoms with Crippen molar-refractivity contribution >= 4 is 17.6 Å². The summed E-state index contributed by atoms with van der Waals surface area (Å²) in [6, 6.07) is 7.64. The molecule has 1 aromatic heterocycles. The number of carbonyl (C=O) groups is 2. The number of nitrogens with one attached hydrogen (secondary N) is 1. The Morgan fingerprint density at radius 2 is 1.83 bits per heavy atom. The fourth-order valence-electron chi connectivity index (χ4n) is 3.13. The molecule has 0 saturated heterocycles. The topological polar surface area (TPSA) is 93.8 Å². The lowest BCUT2D eigenvalue weighted by atomic mass is 9.97. The molecular formula is C22H27N3O5. The van der Waals surface area contributed by atoms with E-state index in [0.717, 1.165) is 23.1 Å². The maximum atomic E-state index is 12.2. The Hall–Kier alpha value is -3.29. The van der Waals surface area contributed by atoms with Crippen LogP contribution in [-0.4, -0.2) is 40.3 Å². The van der Waals surface area contributed by atoms with Gasteiger partial charge in [-0.2, -0.15) is 4.74 Å². The van der Waals surface area contributed by atoms with Crippen molar-refractivity contribution in [2.24, 2.45) is 0 Å². The van der Waals surface area contributed by atoms with Crippen LogP contribution in [0.15, 0.2) is 45.9 Å². The van der Waals surface area contributed by atoms with Crippen LogP contribution in [-0.2, 0) is 16.2 Å². The largest absolute Gasteiger partial charge is 0.444 e. The summed E-state index contributed by atoms with van der Waals surface area (Å²) in [5.41, 5.74) is 2.39. The van der Waals surface area contributed by atoms with E-state index in [2.05, 4.69) is 5.32 Å². The van der Waals surface area contributed by atoms with Gasteiger partial charge >= 0.3 is 11.7 Å². The van der Waals surface area contributed by atoms with Crippen LogP contribution in [0.3, 0.4) is 0 Å². The monoisotopic (exact) mass is 413 g/mol. The first-order valence-corrected chi connectivity index (χ1v) is 9.85. The number of rotatable bonds is 4. The molecule has 0 fully saturated rings. The predicted octanol–water partition coefficient (Wildman–Crippen LogP) is 3.23. The van der Waals surface area contributed by atoms with E-state index in [9.17, 15) is 14.4 Å². The Morgan fingerprint density at radius 1 is 1.17 bits per heavy atom. The molecule has 0 unspecified atom stereocenters. The molecule has 0 aliphatic carbocycles. The van der Waals surface area contributed by atoms with Crippen LogP contribution in [0.2, 0.25) is 0 Å². The van der Waals surface area contributed by atoms with Crippen LogP contribution in [0.5, 0.6) is 0 Å². The lowest BCUT2D eigenvalue weighted by Crippen LogP contribution is -2.39. The molecule has 8 nitrogen and oxygen atoms in total. The molecule has 3 rings (SSSR count). The van der Waals surface area contributed by atoms with Crippen LogP contribution in [0.1, 0.15) is 39.7 Å². The van der Waals surface area contributed by atoms with Crippen molar-refractivity contribution < 1.29 is 18.8 Å². The molecule has 1 aromatic carbocycles. The fourth-order valence-corrected chi connectivity index (χ4v) is 3.13. The number of ether oxygens (including phenoxy) is 1. The van der Waals surface area contributed by atoms with Crippen LogP contribution < -0.4 is 10.9 Å². The molecule has 0 radical (unpaired) electrons. The van der Waals surface area contributed by atoms with Gasteiger partial charge in [-0.15, -0.1) is 0 Å². The van der Waals surface area contributed by atoms with Crippen LogP contribution in [0, 0.1) is 0 Å². The zero-order chi connectivity index (χ0) is 21.9. The molecule has 2 aromatic rings. The van der Waals surface area contributed by atoms with Crippen molar-refractivity contribution in [3.63, 3.8) is 0 Å². The van der Waals surface area contributed by atoms with Gasteiger partial charge in [0.2, 0.25) is 5.91 Å². The molecule has 2 amide bonds. The van der Waals surface area contributed by atoms with Crippen molar-refractivity contribution in [3.05, 3.63) is 52.5 Å². The van der Waals surface area contributed by atoms with Crippen molar-refractivity contribution in [3.8, 4) is 11.1 Å². The zero-order valence-electron chi connectivity index (χ0n) is 17.7. The second-order valence-corrected chi connectivity index (χ2v) is 8.21. The highest BCUT2D eigenvalue weighted by Crippen LogP contribution is 2.26. The summed E-state index contributed by atoms with van der Waals surface area (Å²) in [5, 5.41) is 2.58. The summed E-state index contributed by atoms with van der Waals surface area (Å²) < 4.78 is 11.8. The van der Waals surface area contributed by atoms with Gasteiger partial charge in [0, 0.05) is 20.0 Å². The molecule has 2 heterocycles. The third kappa shape index (κ3) is 5.40. The molecule has 1 N–H and O–H groups in total. The first kappa shape index (κ1) is 21.4. The smallest absolute Gasteiger partial charge is 0.410 e. The number of aromatic nitrogens is 1. The lowest BCUT2D eigenvalue weighted by molar-refractivity contribution is -0.119. The van der Waals surface area contributed by atoms with Crippen LogP contribution in [0.25, 0.3) is 16.7 Å². The van der Waals surface area contributed by atoms with Gasteiger partial charge in [0.05, 0.1) is 11.8 Å². The van der Waals surface area contributed by atoms with Gasteiger partial charge < -0.3 is 19.5 Å². The predicted molar refractivity (Wildman–Crippen MR) is 113 cm³/mol. The average Bonchev–Trinajstić information content (AvgIpc) is 3.06. The van der Waals surface area contributed by atoms with Gasteiger partial charge in [-0.3, -0.25) is 4.79 Å². The molecule has 1 aliphatic rings. The molecule has 30 heavy (non-hydrogen) atoms. The van der Waals surface area contributed by atoms with Crippen LogP contribution in [0.4, 0.5) is 4.79 Å². The molecular weight excluding hydrogens is 386 g/mol. The second-order valence-electron chi connectivity index (χ2n) is 8.21. The highest BCUT2D eigenvalue weighted by Gasteiger charge is 2.23. The molecule has 0 bridgehead atoms. The molecule has 0 saturated carbocycles. The second kappa shape index (κ2) is 8.61. The Balaban J connectivity index is 1.67. The Morgan fingerprint density at radius 3 is 2.40 bits per heavy atom. The number of amides is 2. The van der Waals surface area contributed by atoms with Crippen molar-refractivity contribution in [1.82, 2.24) is 15.0 Å². The quantitative estimate of drug-likeness (QED) is 0.831. The number of hydrogen-bond acceptors (Lipinski definition) is 5. The molecule has 160 valence electrons. The number of nitrogens with zero attached hydrogens (tertiary/aromatic N) is 2. The summed E-state index contributed by atoms with van der Waals surface area (Å²) in [5.74, 6) is -0.205. The summed E-state index contributed by atoms with van der Waals surface area (Å²) in [4.78, 5) is 37.0. The van der Waals surface area contributed by atoms with Gasteiger partial charge in [-0.1, -0.05) is 30.3 Å². The van der Waals surface area contributed by atoms with Gasteiger partial charge in [0.1, 0.15) is 12.3 Å². The fraction of sp³-hybridized carbons (Fsp3) is 0.409. The van der Waals surface area contributed by atoms with E-state index in [0.29, 0.717) is 18.7 Å². The Kier molecular flexibility index (Phi) is 6.14. The summed E-state index contributed by atoms with van der Waals surface area (Å²) in [6.07, 6.45) is 4.03. The zero-order valence-corrected chi connectivity index (χ0v) is 17.7. The Labute approximate surface area is 175 Å². The van der Waals surface area contributed by atoms with E-state index >= 15 is 0 Å². The van der Waals surface area contributed by atoms with E-state index in [1.54, 1.807) is 11.1 Å². The third-order valence-electron chi connectivity index (χ3n) is 4.60. The highest BCUT2D eigenvalue weighted by atomic mass is 16.6. The molecule has 1 aliphatic heterocycles. The van der Waals surface area contributed by atoms with E-state index < -0.39 is 11.2 Å². The van der Waals surface area contributed by atoms with Gasteiger partial charge in [-0.05, 0) is 43.9 Å². The van der Waals surface area contributed by atoms with E-state index in [-0.39, 0.29) is 18.7 Å². The van der Waals surface area contributed by atoms with Crippen molar-refractivity contribution in [1.29, 1.82) is 0 Å². The van der Waals surface area contributed by atoms with Gasteiger partial charge in [0.15, 0.2) is 0 Å². The maximum Gasteiger partial charge on any atom is 0.410 e. The number of carbonyl (C=O) groups excluding carboxylic acids is 2. The highest BCUT2D eigenvalue weighted by molar-refractivity contribution is 5.74. The normalized spacial score (nSPS) is 14.3. The minimum Gasteiger partial charge on any atom is -0.444 e. The lowest BCUT2D eigenvalue weighted by Gasteiger charge is -2.29. The third-order valence-corrected chi connectivity index (χ3v) is 4.60. The average molecular weight is 413 g/mol. The van der Waals surface area contributed by atoms with E-state index in [1.807, 2.05) is 51.1 Å². The van der Waals surface area contributed by atoms with E-state index in [4.69, 9.17) is 9.26 Å². The molecule has 0 atom stereocenters. The molecule has 8 heteroatoms. The van der Waals surface area contributed by atoms with E-state index in [1.165, 1.54) is 11.7 Å². The summed E-state index contributed by atoms with van der Waals surface area (Å²) >= 11 is 0. The summed E-state index contributed by atoms with van der Waals surface area (Å²) in [7, 11) is 0. The minimum atomic E-state index is -0.509. The number of hydrogen-bond donors (Lipinski definition) is 1. The van der Waals surface area contributed by atoms with Crippen LogP contribution >= 0.6 is 0 Å². The number of benzene rings is 1. The van der Waals surface area contributed by atoms with Crippen molar-refractivity contribution in [2.75, 3.05) is 13.1 Å². The maximum absolute atomic E-state index is 12.2. The van der Waals surface area contributed by atoms with Crippen molar-refractivity contribution in [2.45, 2.75) is 46.4 Å². The van der Waals surface area contributed by atoms with Gasteiger partial charge in [0.25, 0.3) is 0 Å². The minimum absolute atomic E-state index is 0.101. The first-order chi connectivity index (χ1) is 14.1.